The first-order chi connectivity index (χ1) is 13.5. The highest BCUT2D eigenvalue weighted by molar-refractivity contribution is 5.92. The van der Waals surface area contributed by atoms with E-state index in [1.165, 1.54) is 6.20 Å². The van der Waals surface area contributed by atoms with Gasteiger partial charge < -0.3 is 15.0 Å². The molecule has 1 N–H and O–H groups in total. The van der Waals surface area contributed by atoms with E-state index in [1.54, 1.807) is 11.1 Å². The van der Waals surface area contributed by atoms with Crippen molar-refractivity contribution < 1.29 is 14.3 Å². The average molecular weight is 392 g/mol. The summed E-state index contributed by atoms with van der Waals surface area (Å²) < 4.78 is 5.37. The molecule has 0 atom stereocenters. The van der Waals surface area contributed by atoms with Crippen LogP contribution >= 0.6 is 0 Å². The lowest BCUT2D eigenvalue weighted by Gasteiger charge is -2.30. The first-order valence-electron chi connectivity index (χ1n) is 10.1. The molecule has 0 aromatic carbocycles. The number of nitrogens with one attached hydrogen (secondary N) is 1. The van der Waals surface area contributed by atoms with Crippen molar-refractivity contribution in [2.45, 2.75) is 33.6 Å². The Morgan fingerprint density at radius 2 is 1.96 bits per heavy atom. The molecule has 0 aliphatic carbocycles. The molecule has 2 heterocycles. The SMILES string of the molecule is Cc1cnc(C(=O)N(CCC(=O)NCCC(C)C)CCN2CCOCC2)cn1. The lowest BCUT2D eigenvalue weighted by atomic mass is 10.1. The molecule has 8 nitrogen and oxygen atoms in total. The van der Waals surface area contributed by atoms with Gasteiger partial charge in [-0.15, -0.1) is 0 Å². The first-order valence-corrected chi connectivity index (χ1v) is 10.1. The lowest BCUT2D eigenvalue weighted by molar-refractivity contribution is -0.121. The topological polar surface area (TPSA) is 87.7 Å². The highest BCUT2D eigenvalue weighted by Gasteiger charge is 2.20. The van der Waals surface area contributed by atoms with Crippen LogP contribution in [0.25, 0.3) is 0 Å². The molecular weight excluding hydrogens is 358 g/mol. The molecule has 2 amide bonds. The summed E-state index contributed by atoms with van der Waals surface area (Å²) in [7, 11) is 0. The Morgan fingerprint density at radius 3 is 2.61 bits per heavy atom. The number of carbonyl (C=O) groups excluding carboxylic acids is 2. The summed E-state index contributed by atoms with van der Waals surface area (Å²) in [5.41, 5.74) is 1.08. The van der Waals surface area contributed by atoms with Gasteiger partial charge in [0.2, 0.25) is 5.91 Å². The van der Waals surface area contributed by atoms with Crippen LogP contribution in [-0.4, -0.2) is 84.1 Å². The quantitative estimate of drug-likeness (QED) is 0.643. The zero-order valence-corrected chi connectivity index (χ0v) is 17.3. The number of nitrogens with zero attached hydrogens (tertiary/aromatic N) is 4. The van der Waals surface area contributed by atoms with Gasteiger partial charge in [-0.05, 0) is 19.3 Å². The van der Waals surface area contributed by atoms with Crippen molar-refractivity contribution in [1.29, 1.82) is 0 Å². The molecule has 1 fully saturated rings. The zero-order chi connectivity index (χ0) is 20.4. The summed E-state index contributed by atoms with van der Waals surface area (Å²) in [6.45, 7) is 11.6. The third kappa shape index (κ3) is 7.90. The van der Waals surface area contributed by atoms with Crippen LogP contribution in [0.4, 0.5) is 0 Å². The van der Waals surface area contributed by atoms with Crippen molar-refractivity contribution in [3.63, 3.8) is 0 Å². The number of aryl methyl sites for hydroxylation is 1. The van der Waals surface area contributed by atoms with E-state index in [1.807, 2.05) is 6.92 Å². The van der Waals surface area contributed by atoms with Gasteiger partial charge in [0, 0.05) is 51.9 Å². The monoisotopic (exact) mass is 391 g/mol. The van der Waals surface area contributed by atoms with Gasteiger partial charge in [0.1, 0.15) is 5.69 Å². The van der Waals surface area contributed by atoms with Gasteiger partial charge >= 0.3 is 0 Å². The number of carbonyl (C=O) groups is 2. The molecule has 1 aromatic rings. The standard InChI is InChI=1S/C20H33N5O3/c1-16(2)4-6-21-19(26)5-7-25(9-8-24-10-12-28-13-11-24)20(27)18-15-22-17(3)14-23-18/h14-16H,4-13H2,1-3H3,(H,21,26). The van der Waals surface area contributed by atoms with Crippen LogP contribution in [-0.2, 0) is 9.53 Å². The van der Waals surface area contributed by atoms with Crippen molar-refractivity contribution in [2.75, 3.05) is 52.5 Å². The summed E-state index contributed by atoms with van der Waals surface area (Å²) in [6, 6.07) is 0. The number of amides is 2. The van der Waals surface area contributed by atoms with Crippen molar-refractivity contribution in [3.8, 4) is 0 Å². The summed E-state index contributed by atoms with van der Waals surface area (Å²) >= 11 is 0. The van der Waals surface area contributed by atoms with Crippen molar-refractivity contribution in [3.05, 3.63) is 23.8 Å². The van der Waals surface area contributed by atoms with E-state index in [-0.39, 0.29) is 18.2 Å². The van der Waals surface area contributed by atoms with Crippen molar-refractivity contribution in [2.24, 2.45) is 5.92 Å². The maximum atomic E-state index is 12.9. The number of ether oxygens (including phenoxy) is 1. The molecule has 1 aliphatic heterocycles. The van der Waals surface area contributed by atoms with Crippen LogP contribution < -0.4 is 5.32 Å². The second-order valence-corrected chi connectivity index (χ2v) is 7.57. The Labute approximate surface area is 167 Å². The largest absolute Gasteiger partial charge is 0.379 e. The average Bonchev–Trinajstić information content (AvgIpc) is 2.68. The molecule has 1 aromatic heterocycles. The van der Waals surface area contributed by atoms with E-state index in [0.717, 1.165) is 45.0 Å². The molecule has 156 valence electrons. The molecule has 0 saturated carbocycles. The van der Waals surface area contributed by atoms with E-state index in [0.29, 0.717) is 31.2 Å². The van der Waals surface area contributed by atoms with Gasteiger partial charge in [0.05, 0.1) is 25.1 Å². The minimum Gasteiger partial charge on any atom is -0.379 e. The Balaban J connectivity index is 1.91. The number of hydrogen-bond donors (Lipinski definition) is 1. The normalized spacial score (nSPS) is 14.9. The summed E-state index contributed by atoms with van der Waals surface area (Å²) in [5.74, 6) is 0.336. The van der Waals surface area contributed by atoms with Gasteiger partial charge in [-0.25, -0.2) is 4.98 Å². The Morgan fingerprint density at radius 1 is 1.21 bits per heavy atom. The second-order valence-electron chi connectivity index (χ2n) is 7.57. The third-order valence-electron chi connectivity index (χ3n) is 4.73. The maximum absolute atomic E-state index is 12.9. The minimum atomic E-state index is -0.185. The molecule has 2 rings (SSSR count). The highest BCUT2D eigenvalue weighted by atomic mass is 16.5. The smallest absolute Gasteiger partial charge is 0.274 e. The fourth-order valence-electron chi connectivity index (χ4n) is 2.89. The summed E-state index contributed by atoms with van der Waals surface area (Å²) in [5, 5.41) is 2.93. The number of morpholine rings is 1. The van der Waals surface area contributed by atoms with Crippen LogP contribution in [0.2, 0.25) is 0 Å². The summed E-state index contributed by atoms with van der Waals surface area (Å²) in [6.07, 6.45) is 4.32. The Kier molecular flexibility index (Phi) is 9.30. The van der Waals surface area contributed by atoms with Gasteiger partial charge in [0.25, 0.3) is 5.91 Å². The summed E-state index contributed by atoms with van der Waals surface area (Å²) in [4.78, 5) is 37.4. The molecule has 8 heteroatoms. The number of rotatable bonds is 10. The first kappa shape index (κ1) is 22.2. The molecule has 1 aliphatic rings. The van der Waals surface area contributed by atoms with Gasteiger partial charge in [-0.3, -0.25) is 19.5 Å². The predicted molar refractivity (Wildman–Crippen MR) is 107 cm³/mol. The number of hydrogen-bond acceptors (Lipinski definition) is 6. The van der Waals surface area contributed by atoms with Crippen LogP contribution in [0, 0.1) is 12.8 Å². The lowest BCUT2D eigenvalue weighted by Crippen LogP contribution is -2.44. The molecule has 28 heavy (non-hydrogen) atoms. The van der Waals surface area contributed by atoms with E-state index in [9.17, 15) is 9.59 Å². The molecule has 0 spiro atoms. The fraction of sp³-hybridized carbons (Fsp3) is 0.700. The maximum Gasteiger partial charge on any atom is 0.274 e. The molecule has 0 radical (unpaired) electrons. The molecular formula is C20H33N5O3. The Bertz CT molecular complexity index is 615. The van der Waals surface area contributed by atoms with Crippen molar-refractivity contribution >= 4 is 11.8 Å². The molecule has 0 bridgehead atoms. The van der Waals surface area contributed by atoms with Gasteiger partial charge in [0.15, 0.2) is 0 Å². The Hall–Kier alpha value is -2.06. The molecule has 1 saturated heterocycles. The van der Waals surface area contributed by atoms with E-state index in [4.69, 9.17) is 4.74 Å². The van der Waals surface area contributed by atoms with E-state index in [2.05, 4.69) is 34.0 Å². The van der Waals surface area contributed by atoms with Crippen LogP contribution in [0.1, 0.15) is 42.9 Å². The van der Waals surface area contributed by atoms with Gasteiger partial charge in [-0.2, -0.15) is 0 Å². The highest BCUT2D eigenvalue weighted by Crippen LogP contribution is 2.05. The van der Waals surface area contributed by atoms with Gasteiger partial charge in [-0.1, -0.05) is 13.8 Å². The van der Waals surface area contributed by atoms with Crippen molar-refractivity contribution in [1.82, 2.24) is 25.1 Å². The fourth-order valence-corrected chi connectivity index (χ4v) is 2.89. The van der Waals surface area contributed by atoms with Crippen LogP contribution in [0.5, 0.6) is 0 Å². The second kappa shape index (κ2) is 11.7. The van der Waals surface area contributed by atoms with Crippen LogP contribution in [0.15, 0.2) is 12.4 Å². The van der Waals surface area contributed by atoms with E-state index < -0.39 is 0 Å². The van der Waals surface area contributed by atoms with E-state index >= 15 is 0 Å². The third-order valence-corrected chi connectivity index (χ3v) is 4.73. The number of aromatic nitrogens is 2. The molecule has 0 unspecified atom stereocenters. The zero-order valence-electron chi connectivity index (χ0n) is 17.3. The minimum absolute atomic E-state index is 0.0280. The van der Waals surface area contributed by atoms with Crippen LogP contribution in [0.3, 0.4) is 0 Å². The predicted octanol–water partition coefficient (Wildman–Crippen LogP) is 1.11.